The average molecular weight is 292 g/mol. The summed E-state index contributed by atoms with van der Waals surface area (Å²) in [6, 6.07) is 4.85. The van der Waals surface area contributed by atoms with Gasteiger partial charge in [-0.1, -0.05) is 32.0 Å². The molecule has 2 amide bonds. The molecule has 1 aliphatic rings. The lowest BCUT2D eigenvalue weighted by Gasteiger charge is -2.42. The SMILES string of the molecule is CCC1NC(=O)C(CC)N(C(C)c2ccccc2F)C1=O. The van der Waals surface area contributed by atoms with E-state index >= 15 is 0 Å². The Balaban J connectivity index is 2.39. The van der Waals surface area contributed by atoms with E-state index in [1.807, 2.05) is 13.8 Å². The highest BCUT2D eigenvalue weighted by Gasteiger charge is 2.41. The number of hydrogen-bond acceptors (Lipinski definition) is 2. The van der Waals surface area contributed by atoms with Crippen molar-refractivity contribution < 1.29 is 14.0 Å². The smallest absolute Gasteiger partial charge is 0.246 e. The topological polar surface area (TPSA) is 49.4 Å². The first-order valence-electron chi connectivity index (χ1n) is 7.38. The van der Waals surface area contributed by atoms with E-state index in [0.717, 1.165) is 0 Å². The van der Waals surface area contributed by atoms with E-state index in [0.29, 0.717) is 18.4 Å². The lowest BCUT2D eigenvalue weighted by molar-refractivity contribution is -0.152. The molecule has 1 saturated heterocycles. The van der Waals surface area contributed by atoms with Gasteiger partial charge in [0.15, 0.2) is 0 Å². The van der Waals surface area contributed by atoms with Crippen LogP contribution in [0.5, 0.6) is 0 Å². The van der Waals surface area contributed by atoms with Crippen LogP contribution in [0, 0.1) is 5.82 Å². The summed E-state index contributed by atoms with van der Waals surface area (Å²) in [5.74, 6) is -0.654. The van der Waals surface area contributed by atoms with Crippen molar-refractivity contribution >= 4 is 11.8 Å². The number of nitrogens with one attached hydrogen (secondary N) is 1. The molecule has 114 valence electrons. The Labute approximate surface area is 124 Å². The fourth-order valence-electron chi connectivity index (χ4n) is 2.87. The minimum Gasteiger partial charge on any atom is -0.343 e. The summed E-state index contributed by atoms with van der Waals surface area (Å²) < 4.78 is 14.0. The predicted octanol–water partition coefficient (Wildman–Crippen LogP) is 2.40. The molecule has 1 aromatic rings. The third kappa shape index (κ3) is 2.77. The number of halogens is 1. The Bertz CT molecular complexity index is 547. The van der Waals surface area contributed by atoms with Crippen molar-refractivity contribution in [3.8, 4) is 0 Å². The standard InChI is InChI=1S/C16H21FN2O2/c1-4-13-16(21)19(14(5-2)15(20)18-13)10(3)11-8-6-7-9-12(11)17/h6-10,13-14H,4-5H2,1-3H3,(H,18,20). The van der Waals surface area contributed by atoms with Gasteiger partial charge in [0.1, 0.15) is 17.9 Å². The van der Waals surface area contributed by atoms with Gasteiger partial charge in [0.05, 0.1) is 6.04 Å². The van der Waals surface area contributed by atoms with Gasteiger partial charge in [0.2, 0.25) is 11.8 Å². The van der Waals surface area contributed by atoms with Crippen LogP contribution in [-0.2, 0) is 9.59 Å². The van der Waals surface area contributed by atoms with E-state index in [1.54, 1.807) is 25.1 Å². The Kier molecular flexibility index (Phi) is 4.60. The summed E-state index contributed by atoms with van der Waals surface area (Å²) in [5.41, 5.74) is 0.439. The zero-order valence-corrected chi connectivity index (χ0v) is 12.6. The van der Waals surface area contributed by atoms with Crippen LogP contribution < -0.4 is 5.32 Å². The lowest BCUT2D eigenvalue weighted by atomic mass is 9.97. The molecule has 1 fully saturated rings. The Morgan fingerprint density at radius 2 is 1.90 bits per heavy atom. The highest BCUT2D eigenvalue weighted by Crippen LogP contribution is 2.29. The molecule has 2 rings (SSSR count). The van der Waals surface area contributed by atoms with Crippen LogP contribution >= 0.6 is 0 Å². The first kappa shape index (κ1) is 15.5. The summed E-state index contributed by atoms with van der Waals surface area (Å²) in [6.45, 7) is 5.47. The minimum absolute atomic E-state index is 0.139. The second-order valence-corrected chi connectivity index (χ2v) is 5.34. The highest BCUT2D eigenvalue weighted by atomic mass is 19.1. The van der Waals surface area contributed by atoms with Crippen LogP contribution in [0.4, 0.5) is 4.39 Å². The van der Waals surface area contributed by atoms with Crippen molar-refractivity contribution in [3.63, 3.8) is 0 Å². The first-order valence-corrected chi connectivity index (χ1v) is 7.38. The van der Waals surface area contributed by atoms with Gasteiger partial charge in [-0.15, -0.1) is 0 Å². The maximum absolute atomic E-state index is 14.0. The van der Waals surface area contributed by atoms with Crippen molar-refractivity contribution in [1.29, 1.82) is 0 Å². The van der Waals surface area contributed by atoms with Crippen LogP contribution in [0.1, 0.15) is 45.2 Å². The number of piperazine rings is 1. The van der Waals surface area contributed by atoms with E-state index in [4.69, 9.17) is 0 Å². The van der Waals surface area contributed by atoms with Crippen LogP contribution in [-0.4, -0.2) is 28.8 Å². The molecule has 3 atom stereocenters. The zero-order chi connectivity index (χ0) is 15.6. The molecule has 1 N–H and O–H groups in total. The Morgan fingerprint density at radius 1 is 1.24 bits per heavy atom. The van der Waals surface area contributed by atoms with Gasteiger partial charge in [-0.25, -0.2) is 4.39 Å². The highest BCUT2D eigenvalue weighted by molar-refractivity contribution is 5.97. The van der Waals surface area contributed by atoms with Gasteiger partial charge in [-0.2, -0.15) is 0 Å². The lowest BCUT2D eigenvalue weighted by Crippen LogP contribution is -2.63. The minimum atomic E-state index is -0.546. The molecule has 5 heteroatoms. The molecule has 1 heterocycles. The molecule has 21 heavy (non-hydrogen) atoms. The van der Waals surface area contributed by atoms with Crippen molar-refractivity contribution in [2.24, 2.45) is 0 Å². The molecule has 1 aliphatic heterocycles. The number of carbonyl (C=O) groups is 2. The summed E-state index contributed by atoms with van der Waals surface area (Å²) in [7, 11) is 0. The summed E-state index contributed by atoms with van der Waals surface area (Å²) >= 11 is 0. The maximum atomic E-state index is 14.0. The molecule has 0 aromatic heterocycles. The molecular weight excluding hydrogens is 271 g/mol. The fraction of sp³-hybridized carbons (Fsp3) is 0.500. The number of benzene rings is 1. The summed E-state index contributed by atoms with van der Waals surface area (Å²) in [6.07, 6.45) is 1.04. The summed E-state index contributed by atoms with van der Waals surface area (Å²) in [4.78, 5) is 26.3. The summed E-state index contributed by atoms with van der Waals surface area (Å²) in [5, 5.41) is 2.74. The third-order valence-electron chi connectivity index (χ3n) is 4.08. The molecular formula is C16H21FN2O2. The van der Waals surface area contributed by atoms with Crippen molar-refractivity contribution in [2.45, 2.75) is 51.7 Å². The molecule has 0 saturated carbocycles. The van der Waals surface area contributed by atoms with E-state index in [-0.39, 0.29) is 17.6 Å². The Morgan fingerprint density at radius 3 is 2.48 bits per heavy atom. The van der Waals surface area contributed by atoms with E-state index in [9.17, 15) is 14.0 Å². The van der Waals surface area contributed by atoms with Crippen LogP contribution in [0.3, 0.4) is 0 Å². The number of amides is 2. The van der Waals surface area contributed by atoms with E-state index in [2.05, 4.69) is 5.32 Å². The Hall–Kier alpha value is -1.91. The van der Waals surface area contributed by atoms with Gasteiger partial charge >= 0.3 is 0 Å². The second-order valence-electron chi connectivity index (χ2n) is 5.34. The monoisotopic (exact) mass is 292 g/mol. The van der Waals surface area contributed by atoms with Crippen LogP contribution in [0.25, 0.3) is 0 Å². The van der Waals surface area contributed by atoms with Crippen LogP contribution in [0.15, 0.2) is 24.3 Å². The third-order valence-corrected chi connectivity index (χ3v) is 4.08. The second kappa shape index (κ2) is 6.24. The fourth-order valence-corrected chi connectivity index (χ4v) is 2.87. The molecule has 0 bridgehead atoms. The number of nitrogens with zero attached hydrogens (tertiary/aromatic N) is 1. The van der Waals surface area contributed by atoms with Gasteiger partial charge < -0.3 is 10.2 Å². The van der Waals surface area contributed by atoms with Gasteiger partial charge in [0.25, 0.3) is 0 Å². The molecule has 3 unspecified atom stereocenters. The first-order chi connectivity index (χ1) is 10.0. The van der Waals surface area contributed by atoms with Crippen molar-refractivity contribution in [2.75, 3.05) is 0 Å². The normalized spacial score (nSPS) is 23.9. The predicted molar refractivity (Wildman–Crippen MR) is 78.0 cm³/mol. The van der Waals surface area contributed by atoms with Gasteiger partial charge in [0, 0.05) is 5.56 Å². The molecule has 0 radical (unpaired) electrons. The molecule has 1 aromatic carbocycles. The quantitative estimate of drug-likeness (QED) is 0.926. The van der Waals surface area contributed by atoms with Crippen molar-refractivity contribution in [1.82, 2.24) is 10.2 Å². The number of carbonyl (C=O) groups excluding carboxylic acids is 2. The largest absolute Gasteiger partial charge is 0.343 e. The van der Waals surface area contributed by atoms with Gasteiger partial charge in [-0.3, -0.25) is 9.59 Å². The van der Waals surface area contributed by atoms with Crippen LogP contribution in [0.2, 0.25) is 0 Å². The van der Waals surface area contributed by atoms with Crippen molar-refractivity contribution in [3.05, 3.63) is 35.6 Å². The maximum Gasteiger partial charge on any atom is 0.246 e. The number of hydrogen-bond donors (Lipinski definition) is 1. The van der Waals surface area contributed by atoms with E-state index in [1.165, 1.54) is 11.0 Å². The number of rotatable bonds is 4. The molecule has 0 spiro atoms. The van der Waals surface area contributed by atoms with Gasteiger partial charge in [-0.05, 0) is 25.8 Å². The molecule has 4 nitrogen and oxygen atoms in total. The van der Waals surface area contributed by atoms with E-state index < -0.39 is 18.1 Å². The zero-order valence-electron chi connectivity index (χ0n) is 12.6. The average Bonchev–Trinajstić information content (AvgIpc) is 2.48. The molecule has 0 aliphatic carbocycles.